The Kier molecular flexibility index (Phi) is 7.43. The summed E-state index contributed by atoms with van der Waals surface area (Å²) in [5.41, 5.74) is 2.32. The van der Waals surface area contributed by atoms with Crippen LogP contribution in [0.5, 0.6) is 0 Å². The number of nitrogens with zero attached hydrogens (tertiary/aromatic N) is 2. The second-order valence-electron chi connectivity index (χ2n) is 8.34. The van der Waals surface area contributed by atoms with Crippen LogP contribution in [0.25, 0.3) is 11.0 Å². The van der Waals surface area contributed by atoms with Gasteiger partial charge in [-0.05, 0) is 43.5 Å². The minimum Gasteiger partial charge on any atom is -0.352 e. The maximum atomic E-state index is 12.8. The van der Waals surface area contributed by atoms with Gasteiger partial charge in [-0.25, -0.2) is 4.98 Å². The quantitative estimate of drug-likeness (QED) is 0.494. The van der Waals surface area contributed by atoms with Gasteiger partial charge in [0.25, 0.3) is 5.91 Å². The number of rotatable bonds is 8. The smallest absolute Gasteiger partial charge is 0.252 e. The molecule has 6 nitrogen and oxygen atoms in total. The van der Waals surface area contributed by atoms with E-state index in [-0.39, 0.29) is 24.4 Å². The summed E-state index contributed by atoms with van der Waals surface area (Å²) in [5, 5.41) is 6.56. The van der Waals surface area contributed by atoms with E-state index < -0.39 is 0 Å². The van der Waals surface area contributed by atoms with Gasteiger partial charge in [0, 0.05) is 19.0 Å². The Labute approximate surface area is 193 Å². The van der Waals surface area contributed by atoms with Crippen LogP contribution in [-0.2, 0) is 17.8 Å². The fraction of sp³-hybridized carbons (Fsp3) is 0.400. The number of carbonyl (C=O) groups excluding carboxylic acids is 2. The van der Waals surface area contributed by atoms with E-state index in [1.807, 2.05) is 28.8 Å². The average Bonchev–Trinajstić information content (AvgIpc) is 3.14. The molecular weight excluding hydrogens is 424 g/mol. The molecule has 0 unspecified atom stereocenters. The number of aromatic nitrogens is 2. The number of hydrogen-bond donors (Lipinski definition) is 2. The molecule has 1 aliphatic carbocycles. The SMILES string of the molecule is O=C(Cn1c(CCCNC(=O)c2ccccc2Cl)nc2ccccc21)NC1CCCCC1. The molecule has 3 aromatic rings. The van der Waals surface area contributed by atoms with Crippen molar-refractivity contribution in [2.75, 3.05) is 6.54 Å². The van der Waals surface area contributed by atoms with Crippen molar-refractivity contribution in [2.24, 2.45) is 0 Å². The fourth-order valence-corrected chi connectivity index (χ4v) is 4.57. The Morgan fingerprint density at radius 2 is 1.78 bits per heavy atom. The van der Waals surface area contributed by atoms with Crippen molar-refractivity contribution in [3.8, 4) is 0 Å². The molecule has 2 aromatic carbocycles. The van der Waals surface area contributed by atoms with Crippen LogP contribution in [0.2, 0.25) is 5.02 Å². The molecule has 0 saturated heterocycles. The highest BCUT2D eigenvalue weighted by molar-refractivity contribution is 6.33. The number of imidazole rings is 1. The lowest BCUT2D eigenvalue weighted by Gasteiger charge is -2.23. The molecule has 168 valence electrons. The average molecular weight is 453 g/mol. The molecule has 32 heavy (non-hydrogen) atoms. The largest absolute Gasteiger partial charge is 0.352 e. The third-order valence-electron chi connectivity index (χ3n) is 5.99. The standard InChI is InChI=1S/C25H29ClN4O2/c26-20-12-5-4-11-19(20)25(32)27-16-8-15-23-29-21-13-6-7-14-22(21)30(23)17-24(31)28-18-9-2-1-3-10-18/h4-7,11-14,18H,1-3,8-10,15-17H2,(H,27,32)(H,28,31). The number of nitrogens with one attached hydrogen (secondary N) is 2. The first-order valence-corrected chi connectivity index (χ1v) is 11.8. The number of amides is 2. The number of carbonyl (C=O) groups is 2. The summed E-state index contributed by atoms with van der Waals surface area (Å²) in [6.07, 6.45) is 7.13. The van der Waals surface area contributed by atoms with Crippen LogP contribution in [0.4, 0.5) is 0 Å². The Morgan fingerprint density at radius 1 is 1.03 bits per heavy atom. The molecular formula is C25H29ClN4O2. The number of aryl methyl sites for hydroxylation is 1. The topological polar surface area (TPSA) is 76.0 Å². The first-order valence-electron chi connectivity index (χ1n) is 11.4. The lowest BCUT2D eigenvalue weighted by atomic mass is 9.95. The molecule has 2 amide bonds. The highest BCUT2D eigenvalue weighted by atomic mass is 35.5. The summed E-state index contributed by atoms with van der Waals surface area (Å²) in [5.74, 6) is 0.710. The Hall–Kier alpha value is -2.86. The van der Waals surface area contributed by atoms with E-state index in [4.69, 9.17) is 16.6 Å². The number of para-hydroxylation sites is 2. The maximum absolute atomic E-state index is 12.8. The maximum Gasteiger partial charge on any atom is 0.252 e. The Morgan fingerprint density at radius 3 is 2.59 bits per heavy atom. The van der Waals surface area contributed by atoms with Crippen LogP contribution in [0, 0.1) is 0 Å². The summed E-state index contributed by atoms with van der Waals surface area (Å²) in [6, 6.07) is 15.2. The van der Waals surface area contributed by atoms with Crippen LogP contribution in [-0.4, -0.2) is 34.0 Å². The van der Waals surface area contributed by atoms with E-state index in [2.05, 4.69) is 10.6 Å². The van der Waals surface area contributed by atoms with Crippen LogP contribution in [0.15, 0.2) is 48.5 Å². The minimum absolute atomic E-state index is 0.0355. The van der Waals surface area contributed by atoms with Crippen molar-refractivity contribution in [2.45, 2.75) is 57.5 Å². The second kappa shape index (κ2) is 10.6. The van der Waals surface area contributed by atoms with Crippen molar-refractivity contribution in [3.63, 3.8) is 0 Å². The lowest BCUT2D eigenvalue weighted by Crippen LogP contribution is -2.38. The van der Waals surface area contributed by atoms with Crippen LogP contribution in [0.3, 0.4) is 0 Å². The van der Waals surface area contributed by atoms with Crippen molar-refractivity contribution in [1.82, 2.24) is 20.2 Å². The van der Waals surface area contributed by atoms with Crippen molar-refractivity contribution in [1.29, 1.82) is 0 Å². The van der Waals surface area contributed by atoms with Crippen LogP contribution in [0.1, 0.15) is 54.7 Å². The van der Waals surface area contributed by atoms with Gasteiger partial charge in [0.05, 0.1) is 21.6 Å². The van der Waals surface area contributed by atoms with Gasteiger partial charge in [0.15, 0.2) is 0 Å². The van der Waals surface area contributed by atoms with Gasteiger partial charge in [-0.3, -0.25) is 9.59 Å². The van der Waals surface area contributed by atoms with Gasteiger partial charge < -0.3 is 15.2 Å². The molecule has 7 heteroatoms. The zero-order chi connectivity index (χ0) is 22.3. The molecule has 0 radical (unpaired) electrons. The van der Waals surface area contributed by atoms with Crippen LogP contribution >= 0.6 is 11.6 Å². The van der Waals surface area contributed by atoms with E-state index in [9.17, 15) is 9.59 Å². The second-order valence-corrected chi connectivity index (χ2v) is 8.75. The number of fused-ring (bicyclic) bond motifs is 1. The van der Waals surface area contributed by atoms with Crippen molar-refractivity contribution in [3.05, 3.63) is 64.9 Å². The molecule has 1 saturated carbocycles. The molecule has 1 aliphatic rings. The molecule has 0 atom stereocenters. The third-order valence-corrected chi connectivity index (χ3v) is 6.32. The summed E-state index contributed by atoms with van der Waals surface area (Å²) in [7, 11) is 0. The molecule has 1 fully saturated rings. The Balaban J connectivity index is 1.38. The zero-order valence-electron chi connectivity index (χ0n) is 18.1. The monoisotopic (exact) mass is 452 g/mol. The lowest BCUT2D eigenvalue weighted by molar-refractivity contribution is -0.122. The molecule has 2 N–H and O–H groups in total. The summed E-state index contributed by atoms with van der Waals surface area (Å²) in [4.78, 5) is 29.9. The van der Waals surface area contributed by atoms with Gasteiger partial charge in [0.2, 0.25) is 5.91 Å². The third kappa shape index (κ3) is 5.49. The first-order chi connectivity index (χ1) is 15.6. The van der Waals surface area contributed by atoms with E-state index in [1.165, 1.54) is 19.3 Å². The van der Waals surface area contributed by atoms with E-state index in [1.54, 1.807) is 24.3 Å². The molecule has 0 bridgehead atoms. The van der Waals surface area contributed by atoms with E-state index >= 15 is 0 Å². The fourth-order valence-electron chi connectivity index (χ4n) is 4.35. The number of benzene rings is 2. The molecule has 1 aromatic heterocycles. The van der Waals surface area contributed by atoms with Gasteiger partial charge in [-0.2, -0.15) is 0 Å². The zero-order valence-corrected chi connectivity index (χ0v) is 18.9. The molecule has 1 heterocycles. The van der Waals surface area contributed by atoms with Gasteiger partial charge >= 0.3 is 0 Å². The van der Waals surface area contributed by atoms with E-state index in [0.717, 1.165) is 29.7 Å². The van der Waals surface area contributed by atoms with Crippen LogP contribution < -0.4 is 10.6 Å². The van der Waals surface area contributed by atoms with Crippen molar-refractivity contribution >= 4 is 34.4 Å². The molecule has 0 aliphatic heterocycles. The highest BCUT2D eigenvalue weighted by Crippen LogP contribution is 2.19. The minimum atomic E-state index is -0.184. The highest BCUT2D eigenvalue weighted by Gasteiger charge is 2.18. The summed E-state index contributed by atoms with van der Waals surface area (Å²) in [6.45, 7) is 0.764. The predicted molar refractivity (Wildman–Crippen MR) is 127 cm³/mol. The Bertz CT molecular complexity index is 1090. The summed E-state index contributed by atoms with van der Waals surface area (Å²) < 4.78 is 2.00. The summed E-state index contributed by atoms with van der Waals surface area (Å²) >= 11 is 6.10. The van der Waals surface area contributed by atoms with Crippen molar-refractivity contribution < 1.29 is 9.59 Å². The predicted octanol–water partition coefficient (Wildman–Crippen LogP) is 4.50. The number of hydrogen-bond acceptors (Lipinski definition) is 3. The van der Waals surface area contributed by atoms with Gasteiger partial charge in [-0.15, -0.1) is 0 Å². The molecule has 4 rings (SSSR count). The first kappa shape index (κ1) is 22.3. The van der Waals surface area contributed by atoms with Gasteiger partial charge in [-0.1, -0.05) is 55.1 Å². The molecule has 0 spiro atoms. The van der Waals surface area contributed by atoms with Gasteiger partial charge in [0.1, 0.15) is 12.4 Å². The van der Waals surface area contributed by atoms with E-state index in [0.29, 0.717) is 30.0 Å². The number of halogens is 1. The normalized spacial score (nSPS) is 14.4.